The molecule has 2 N–H and O–H groups in total. The van der Waals surface area contributed by atoms with E-state index in [4.69, 9.17) is 22.1 Å². The van der Waals surface area contributed by atoms with E-state index in [1.54, 1.807) is 0 Å². The molecule has 0 saturated heterocycles. The second kappa shape index (κ2) is 6.02. The molecule has 0 fully saturated rings. The highest BCUT2D eigenvalue weighted by Crippen LogP contribution is 2.16. The lowest BCUT2D eigenvalue weighted by atomic mass is 10.1. The van der Waals surface area contributed by atoms with Gasteiger partial charge in [0.05, 0.1) is 0 Å². The van der Waals surface area contributed by atoms with E-state index in [9.17, 15) is 0 Å². The monoisotopic (exact) mass is 213 g/mol. The van der Waals surface area contributed by atoms with Gasteiger partial charge in [0.25, 0.3) is 0 Å². The molecule has 1 aromatic carbocycles. The zero-order valence-electron chi connectivity index (χ0n) is 8.37. The lowest BCUT2D eigenvalue weighted by molar-refractivity contribution is 0.140. The Labute approximate surface area is 90.0 Å². The summed E-state index contributed by atoms with van der Waals surface area (Å²) in [6, 6.07) is 7.67. The van der Waals surface area contributed by atoms with Gasteiger partial charge in [0.2, 0.25) is 0 Å². The van der Waals surface area contributed by atoms with E-state index in [-0.39, 0.29) is 6.04 Å². The van der Waals surface area contributed by atoms with Crippen LogP contribution < -0.4 is 5.73 Å². The van der Waals surface area contributed by atoms with Crippen LogP contribution in [-0.4, -0.2) is 13.2 Å². The smallest absolute Gasteiger partial charge is 0.0483 e. The average Bonchev–Trinajstić information content (AvgIpc) is 2.19. The largest absolute Gasteiger partial charge is 0.382 e. The van der Waals surface area contributed by atoms with E-state index < -0.39 is 0 Å². The maximum absolute atomic E-state index is 5.96. The van der Waals surface area contributed by atoms with Gasteiger partial charge in [-0.2, -0.15) is 0 Å². The van der Waals surface area contributed by atoms with Crippen LogP contribution in [0.1, 0.15) is 24.9 Å². The SMILES string of the molecule is CCOCCC(N)c1ccc(Cl)cc1. The minimum atomic E-state index is 0.0406. The lowest BCUT2D eigenvalue weighted by Crippen LogP contribution is -2.12. The Bertz CT molecular complexity index is 260. The van der Waals surface area contributed by atoms with E-state index >= 15 is 0 Å². The van der Waals surface area contributed by atoms with Gasteiger partial charge in [-0.15, -0.1) is 0 Å². The van der Waals surface area contributed by atoms with Gasteiger partial charge in [-0.05, 0) is 31.0 Å². The van der Waals surface area contributed by atoms with Crippen molar-refractivity contribution >= 4 is 11.6 Å². The van der Waals surface area contributed by atoms with Gasteiger partial charge in [0, 0.05) is 24.3 Å². The third-order valence-corrected chi connectivity index (χ3v) is 2.33. The van der Waals surface area contributed by atoms with E-state index in [0.29, 0.717) is 6.61 Å². The minimum absolute atomic E-state index is 0.0406. The molecule has 0 aliphatic rings. The summed E-state index contributed by atoms with van der Waals surface area (Å²) < 4.78 is 5.24. The summed E-state index contributed by atoms with van der Waals surface area (Å²) in [5, 5.41) is 0.741. The summed E-state index contributed by atoms with van der Waals surface area (Å²) in [6.45, 7) is 3.43. The number of nitrogens with two attached hydrogens (primary N) is 1. The van der Waals surface area contributed by atoms with E-state index in [2.05, 4.69) is 0 Å². The molecule has 14 heavy (non-hydrogen) atoms. The second-order valence-corrected chi connectivity index (χ2v) is 3.58. The summed E-state index contributed by atoms with van der Waals surface area (Å²) in [5.74, 6) is 0. The molecule has 0 aromatic heterocycles. The fourth-order valence-electron chi connectivity index (χ4n) is 1.23. The van der Waals surface area contributed by atoms with Crippen LogP contribution in [0.4, 0.5) is 0 Å². The first kappa shape index (κ1) is 11.5. The molecule has 1 atom stereocenters. The molecular weight excluding hydrogens is 198 g/mol. The zero-order valence-corrected chi connectivity index (χ0v) is 9.13. The molecule has 0 aliphatic carbocycles. The molecule has 0 bridgehead atoms. The average molecular weight is 214 g/mol. The summed E-state index contributed by atoms with van der Waals surface area (Å²) in [7, 11) is 0. The van der Waals surface area contributed by atoms with Crippen molar-refractivity contribution in [3.8, 4) is 0 Å². The molecule has 1 rings (SSSR count). The Kier molecular flexibility index (Phi) is 4.94. The van der Waals surface area contributed by atoms with Crippen molar-refractivity contribution in [1.82, 2.24) is 0 Å². The molecule has 0 aliphatic heterocycles. The van der Waals surface area contributed by atoms with Gasteiger partial charge in [-0.3, -0.25) is 0 Å². The molecule has 3 heteroatoms. The Balaban J connectivity index is 2.43. The summed E-state index contributed by atoms with van der Waals surface area (Å²) >= 11 is 5.78. The zero-order chi connectivity index (χ0) is 10.4. The maximum atomic E-state index is 5.96. The quantitative estimate of drug-likeness (QED) is 0.764. The molecule has 2 nitrogen and oxygen atoms in total. The number of hydrogen-bond donors (Lipinski definition) is 1. The Hall–Kier alpha value is -0.570. The molecule has 0 radical (unpaired) electrons. The van der Waals surface area contributed by atoms with Crippen LogP contribution in [0.3, 0.4) is 0 Å². The van der Waals surface area contributed by atoms with Crippen molar-refractivity contribution in [2.45, 2.75) is 19.4 Å². The highest BCUT2D eigenvalue weighted by molar-refractivity contribution is 6.30. The van der Waals surface area contributed by atoms with Crippen LogP contribution in [0.2, 0.25) is 5.02 Å². The van der Waals surface area contributed by atoms with Gasteiger partial charge in [-0.1, -0.05) is 23.7 Å². The second-order valence-electron chi connectivity index (χ2n) is 3.14. The van der Waals surface area contributed by atoms with E-state index in [1.807, 2.05) is 31.2 Å². The predicted octanol–water partition coefficient (Wildman–Crippen LogP) is 2.77. The molecule has 1 aromatic rings. The molecule has 0 saturated carbocycles. The van der Waals surface area contributed by atoms with Gasteiger partial charge in [0.1, 0.15) is 0 Å². The van der Waals surface area contributed by atoms with Crippen molar-refractivity contribution < 1.29 is 4.74 Å². The van der Waals surface area contributed by atoms with E-state index in [1.165, 1.54) is 0 Å². The first-order valence-corrected chi connectivity index (χ1v) is 5.20. The van der Waals surface area contributed by atoms with Crippen molar-refractivity contribution in [2.75, 3.05) is 13.2 Å². The molecule has 1 unspecified atom stereocenters. The van der Waals surface area contributed by atoms with E-state index in [0.717, 1.165) is 23.6 Å². The third-order valence-electron chi connectivity index (χ3n) is 2.08. The molecule has 78 valence electrons. The van der Waals surface area contributed by atoms with Crippen LogP contribution in [0.25, 0.3) is 0 Å². The van der Waals surface area contributed by atoms with Gasteiger partial charge < -0.3 is 10.5 Å². The van der Waals surface area contributed by atoms with Crippen molar-refractivity contribution in [3.05, 3.63) is 34.9 Å². The first-order chi connectivity index (χ1) is 6.74. The summed E-state index contributed by atoms with van der Waals surface area (Å²) in [6.07, 6.45) is 0.843. The Morgan fingerprint density at radius 2 is 2.00 bits per heavy atom. The molecular formula is C11H16ClNO. The van der Waals surface area contributed by atoms with Crippen molar-refractivity contribution in [3.63, 3.8) is 0 Å². The number of benzene rings is 1. The van der Waals surface area contributed by atoms with Crippen LogP contribution in [0, 0.1) is 0 Å². The highest BCUT2D eigenvalue weighted by Gasteiger charge is 2.04. The van der Waals surface area contributed by atoms with Crippen molar-refractivity contribution in [1.29, 1.82) is 0 Å². The Morgan fingerprint density at radius 1 is 1.36 bits per heavy atom. The number of ether oxygens (including phenoxy) is 1. The highest BCUT2D eigenvalue weighted by atomic mass is 35.5. The molecule has 0 heterocycles. The third kappa shape index (κ3) is 3.66. The molecule has 0 spiro atoms. The van der Waals surface area contributed by atoms with Crippen LogP contribution in [-0.2, 0) is 4.74 Å². The molecule has 0 amide bonds. The summed E-state index contributed by atoms with van der Waals surface area (Å²) in [4.78, 5) is 0. The van der Waals surface area contributed by atoms with Gasteiger partial charge in [0.15, 0.2) is 0 Å². The maximum Gasteiger partial charge on any atom is 0.0483 e. The number of halogens is 1. The number of rotatable bonds is 5. The predicted molar refractivity (Wildman–Crippen MR) is 59.5 cm³/mol. The van der Waals surface area contributed by atoms with Crippen molar-refractivity contribution in [2.24, 2.45) is 5.73 Å². The first-order valence-electron chi connectivity index (χ1n) is 4.83. The standard InChI is InChI=1S/C11H16ClNO/c1-2-14-8-7-11(13)9-3-5-10(12)6-4-9/h3-6,11H,2,7-8,13H2,1H3. The van der Waals surface area contributed by atoms with Crippen LogP contribution >= 0.6 is 11.6 Å². The van der Waals surface area contributed by atoms with Gasteiger partial charge >= 0.3 is 0 Å². The fourth-order valence-corrected chi connectivity index (χ4v) is 1.36. The fraction of sp³-hybridized carbons (Fsp3) is 0.455. The Morgan fingerprint density at radius 3 is 2.57 bits per heavy atom. The lowest BCUT2D eigenvalue weighted by Gasteiger charge is -2.11. The summed E-state index contributed by atoms with van der Waals surface area (Å²) in [5.41, 5.74) is 7.07. The van der Waals surface area contributed by atoms with Gasteiger partial charge in [-0.25, -0.2) is 0 Å². The van der Waals surface area contributed by atoms with Crippen LogP contribution in [0.5, 0.6) is 0 Å². The normalized spacial score (nSPS) is 12.8. The number of hydrogen-bond acceptors (Lipinski definition) is 2. The van der Waals surface area contributed by atoms with Crippen LogP contribution in [0.15, 0.2) is 24.3 Å². The minimum Gasteiger partial charge on any atom is -0.382 e. The topological polar surface area (TPSA) is 35.2 Å².